The molecule has 62 heavy (non-hydrogen) atoms. The van der Waals surface area contributed by atoms with Crippen LogP contribution in [-0.4, -0.2) is 241 Å². The van der Waals surface area contributed by atoms with E-state index >= 15 is 0 Å². The molecule has 0 aromatic rings. The molecule has 0 spiro atoms. The third kappa shape index (κ3) is 12.6. The maximum absolute atomic E-state index is 14.5. The van der Waals surface area contributed by atoms with Gasteiger partial charge in [0, 0.05) is 42.7 Å². The van der Waals surface area contributed by atoms with Gasteiger partial charge in [-0.25, -0.2) is 0 Å². The number of hydrogen-bond donors (Lipinski definition) is 6. The molecule has 0 unspecified atom stereocenters. The number of ether oxygens (including phenoxy) is 7. The fourth-order valence-electron chi connectivity index (χ4n) is 10.2. The Morgan fingerprint density at radius 2 is 1.29 bits per heavy atom. The van der Waals surface area contributed by atoms with Crippen LogP contribution in [0.4, 0.5) is 0 Å². The van der Waals surface area contributed by atoms with Crippen LogP contribution in [0.5, 0.6) is 0 Å². The van der Waals surface area contributed by atoms with Crippen molar-refractivity contribution in [2.45, 2.75) is 217 Å². The van der Waals surface area contributed by atoms with Gasteiger partial charge in [-0.2, -0.15) is 0 Å². The van der Waals surface area contributed by atoms with Crippen LogP contribution in [0.1, 0.15) is 108 Å². The van der Waals surface area contributed by atoms with Crippen molar-refractivity contribution in [1.82, 2.24) is 9.80 Å². The van der Waals surface area contributed by atoms with E-state index in [-0.39, 0.29) is 95.3 Å². The number of ketones is 1. The summed E-state index contributed by atoms with van der Waals surface area (Å²) in [6, 6.07) is -0.742. The molecule has 0 saturated carbocycles. The molecular formula is C44H81KN2O15. The summed E-state index contributed by atoms with van der Waals surface area (Å²) in [6.07, 6.45) is -13.0. The first-order chi connectivity index (χ1) is 28.1. The Kier molecular flexibility index (Phi) is 20.6. The van der Waals surface area contributed by atoms with Gasteiger partial charge in [0.15, 0.2) is 18.9 Å². The summed E-state index contributed by atoms with van der Waals surface area (Å²) >= 11 is 0. The molecule has 4 rings (SSSR count). The van der Waals surface area contributed by atoms with E-state index in [1.165, 1.54) is 20.8 Å². The molecule has 4 heterocycles. The molecule has 6 N–H and O–H groups in total. The molecule has 0 aliphatic carbocycles. The molecular weight excluding hydrogens is 836 g/mol. The average Bonchev–Trinajstić information content (AvgIpc) is 3.16. The van der Waals surface area contributed by atoms with Gasteiger partial charge in [0.2, 0.25) is 0 Å². The molecule has 17 nitrogen and oxygen atoms in total. The summed E-state index contributed by atoms with van der Waals surface area (Å²) in [6.45, 7) is 18.1. The van der Waals surface area contributed by atoms with Crippen LogP contribution in [0.2, 0.25) is 0 Å². The predicted molar refractivity (Wildman–Crippen MR) is 230 cm³/mol. The summed E-state index contributed by atoms with van der Waals surface area (Å²) in [4.78, 5) is 32.7. The molecule has 358 valence electrons. The number of esters is 1. The van der Waals surface area contributed by atoms with Crippen LogP contribution in [0.15, 0.2) is 0 Å². The van der Waals surface area contributed by atoms with Crippen LogP contribution < -0.4 is 0 Å². The van der Waals surface area contributed by atoms with E-state index in [1.54, 1.807) is 48.5 Å². The standard InChI is InChI=1S/C44H80N2O15.K.H/c1-16-30-44(11,54)37(50)23(4)33(47)21(2)19-43(10,61-31-18-29(46(14)15)34(48)26(7)56-31)39(60-41-35(49)28(45(12)13)17-22(3)55-41)24(5)36(25(6)40(52)58-30)59-32-20-42(9,53)38(51)27(8)57-32;;/h21-32,34-39,41,48-51,53-54H,16-20H2,1-15H3;;/t21-,22-,23+,24+,25-,26+,27+,28+,29-,30-,31+,32+,34+,35-,36+,37-,38+,39-,41+,42-,43-,44-;;/m1../s1. The third-order valence-corrected chi connectivity index (χ3v) is 14.1. The maximum atomic E-state index is 14.5. The number of carbonyl (C=O) groups is 2. The summed E-state index contributed by atoms with van der Waals surface area (Å²) in [7, 11) is 7.41. The van der Waals surface area contributed by atoms with Gasteiger partial charge in [-0.05, 0) is 95.9 Å². The Morgan fingerprint density at radius 1 is 0.726 bits per heavy atom. The van der Waals surface area contributed by atoms with E-state index in [0.717, 1.165) is 0 Å². The first kappa shape index (κ1) is 56.5. The minimum atomic E-state index is -2.05. The second kappa shape index (κ2) is 22.5. The molecule has 18 heteroatoms. The molecule has 4 fully saturated rings. The number of likely N-dealkylation sites (N-methyl/N-ethyl adjacent to an activating group) is 2. The van der Waals surface area contributed by atoms with Crippen molar-refractivity contribution in [1.29, 1.82) is 0 Å². The van der Waals surface area contributed by atoms with E-state index < -0.39 is 126 Å². The zero-order valence-electron chi connectivity index (χ0n) is 39.3. The van der Waals surface area contributed by atoms with Crippen molar-refractivity contribution < 1.29 is 73.4 Å². The number of cyclic esters (lactones) is 1. The topological polar surface area (TPSA) is 227 Å². The van der Waals surface area contributed by atoms with Crippen molar-refractivity contribution in [3.63, 3.8) is 0 Å². The zero-order chi connectivity index (χ0) is 46.3. The average molecular weight is 917 g/mol. The van der Waals surface area contributed by atoms with Gasteiger partial charge in [0.25, 0.3) is 0 Å². The van der Waals surface area contributed by atoms with Crippen molar-refractivity contribution in [3.05, 3.63) is 0 Å². The van der Waals surface area contributed by atoms with Crippen LogP contribution in [0, 0.1) is 23.7 Å². The predicted octanol–water partition coefficient (Wildman–Crippen LogP) is 0.933. The Morgan fingerprint density at radius 3 is 1.84 bits per heavy atom. The van der Waals surface area contributed by atoms with E-state index in [4.69, 9.17) is 33.2 Å². The molecule has 4 aliphatic rings. The number of aliphatic hydroxyl groups is 6. The Labute approximate surface area is 412 Å². The number of nitrogens with zero attached hydrogens (tertiary/aromatic N) is 2. The molecule has 0 aromatic heterocycles. The van der Waals surface area contributed by atoms with E-state index in [1.807, 2.05) is 44.9 Å². The van der Waals surface area contributed by atoms with Crippen LogP contribution >= 0.6 is 0 Å². The monoisotopic (exact) mass is 917 g/mol. The van der Waals surface area contributed by atoms with Gasteiger partial charge in [0.1, 0.15) is 29.7 Å². The molecule has 22 atom stereocenters. The second-order valence-electron chi connectivity index (χ2n) is 19.9. The number of Topliss-reactive ketones (excluding diaryl/α,β-unsaturated/α-hetero) is 1. The molecule has 0 radical (unpaired) electrons. The van der Waals surface area contributed by atoms with Crippen molar-refractivity contribution >= 4 is 63.1 Å². The van der Waals surface area contributed by atoms with Crippen molar-refractivity contribution in [3.8, 4) is 0 Å². The normalized spacial score (nSPS) is 49.2. The van der Waals surface area contributed by atoms with Crippen molar-refractivity contribution in [2.24, 2.45) is 23.7 Å². The van der Waals surface area contributed by atoms with E-state index in [9.17, 15) is 40.2 Å². The van der Waals surface area contributed by atoms with Gasteiger partial charge in [-0.1, -0.05) is 27.7 Å². The summed E-state index contributed by atoms with van der Waals surface area (Å²) in [5, 5.41) is 68.6. The van der Waals surface area contributed by atoms with Crippen molar-refractivity contribution in [2.75, 3.05) is 28.2 Å². The number of rotatable bonds is 9. The Bertz CT molecular complexity index is 1460. The summed E-state index contributed by atoms with van der Waals surface area (Å²) in [5.41, 5.74) is -5.21. The molecule has 4 aliphatic heterocycles. The molecule has 4 saturated heterocycles. The number of carbonyl (C=O) groups excluding carboxylic acids is 2. The van der Waals surface area contributed by atoms with Crippen LogP contribution in [0.3, 0.4) is 0 Å². The van der Waals surface area contributed by atoms with Gasteiger partial charge in [0.05, 0.1) is 59.8 Å². The fraction of sp³-hybridized carbons (Fsp3) is 0.955. The van der Waals surface area contributed by atoms with E-state index in [2.05, 4.69) is 0 Å². The van der Waals surface area contributed by atoms with Gasteiger partial charge >= 0.3 is 57.4 Å². The van der Waals surface area contributed by atoms with Gasteiger partial charge in [-0.15, -0.1) is 0 Å². The third-order valence-electron chi connectivity index (χ3n) is 14.1. The van der Waals surface area contributed by atoms with Gasteiger partial charge < -0.3 is 73.6 Å². The first-order valence-corrected chi connectivity index (χ1v) is 22.3. The van der Waals surface area contributed by atoms with Gasteiger partial charge in [-0.3, -0.25) is 9.59 Å². The number of aliphatic hydroxyl groups excluding tert-OH is 4. The summed E-state index contributed by atoms with van der Waals surface area (Å²) in [5.74, 6) is -5.17. The Hall–Kier alpha value is 0.216. The molecule has 0 amide bonds. The zero-order valence-corrected chi connectivity index (χ0v) is 39.3. The SMILES string of the molecule is CC[C@H]1OC(=O)[C@H](C)[C@@H](O[C@H]2C[C@@](C)(O)[C@@H](O)[C@H](C)O2)[C@H](C)[C@@H](O[C@@H]2O[C@H](C)C[C@H](N(C)C)[C@H]2O)[C@](C)(O[C@H]2C[C@@H](N(C)C)[C@@H](O)[C@H](C)O2)C[C@@H](C)C(=O)[C@H](C)[C@@H](O)[C@]1(C)O.[KH]. The number of hydrogen-bond acceptors (Lipinski definition) is 17. The summed E-state index contributed by atoms with van der Waals surface area (Å²) < 4.78 is 45.7. The minimum absolute atomic E-state index is 0. The van der Waals surface area contributed by atoms with E-state index in [0.29, 0.717) is 6.42 Å². The second-order valence-corrected chi connectivity index (χ2v) is 19.9. The molecule has 0 aromatic carbocycles. The quantitative estimate of drug-likeness (QED) is 0.140. The fourth-order valence-corrected chi connectivity index (χ4v) is 10.2. The van der Waals surface area contributed by atoms with Crippen LogP contribution in [0.25, 0.3) is 0 Å². The van der Waals surface area contributed by atoms with Crippen LogP contribution in [-0.2, 0) is 42.7 Å². The Balaban J connectivity index is 0.0000102. The first-order valence-electron chi connectivity index (χ1n) is 22.3. The molecule has 0 bridgehead atoms.